The molecule has 1 atom stereocenters. The van der Waals surface area contributed by atoms with Crippen molar-refractivity contribution < 1.29 is 0 Å². The maximum atomic E-state index is 5.81. The Morgan fingerprint density at radius 1 is 1.69 bits per heavy atom. The van der Waals surface area contributed by atoms with Gasteiger partial charge >= 0.3 is 0 Å². The van der Waals surface area contributed by atoms with Gasteiger partial charge in [-0.2, -0.15) is 0 Å². The molecule has 0 aliphatic carbocycles. The van der Waals surface area contributed by atoms with Crippen LogP contribution in [-0.2, 0) is 7.05 Å². The Bertz CT molecular complexity index is 326. The van der Waals surface area contributed by atoms with Gasteiger partial charge in [0.25, 0.3) is 0 Å². The van der Waals surface area contributed by atoms with Crippen LogP contribution in [0.1, 0.15) is 5.69 Å². The lowest BCUT2D eigenvalue weighted by molar-refractivity contribution is 0.659. The van der Waals surface area contributed by atoms with Crippen molar-refractivity contribution in [1.29, 1.82) is 0 Å². The smallest absolute Gasteiger partial charge is 0.0948 e. The normalized spacial score (nSPS) is 22.9. The summed E-state index contributed by atoms with van der Waals surface area (Å²) in [5.74, 6) is 0. The molecule has 0 spiro atoms. The summed E-state index contributed by atoms with van der Waals surface area (Å²) in [5.41, 5.74) is 8.19. The monoisotopic (exact) mass is 178 g/mol. The Morgan fingerprint density at radius 3 is 3.15 bits per heavy atom. The fourth-order valence-electron chi connectivity index (χ4n) is 1.59. The SMILES string of the molecule is Cn1cncc1C1=CC(N)CNC1. The van der Waals surface area contributed by atoms with E-state index in [1.165, 1.54) is 5.57 Å². The molecule has 0 bridgehead atoms. The average molecular weight is 178 g/mol. The van der Waals surface area contributed by atoms with Crippen molar-refractivity contribution in [3.63, 3.8) is 0 Å². The summed E-state index contributed by atoms with van der Waals surface area (Å²) in [6.07, 6.45) is 5.77. The highest BCUT2D eigenvalue weighted by Crippen LogP contribution is 2.14. The number of aryl methyl sites for hydroxylation is 1. The molecule has 1 unspecified atom stereocenters. The van der Waals surface area contributed by atoms with E-state index >= 15 is 0 Å². The standard InChI is InChI=1S/C9H14N4/c1-13-6-12-5-9(13)7-2-8(10)4-11-3-7/h2,5-6,8,11H,3-4,10H2,1H3. The fraction of sp³-hybridized carbons (Fsp3) is 0.444. The minimum Gasteiger partial charge on any atom is -0.334 e. The van der Waals surface area contributed by atoms with E-state index in [1.54, 1.807) is 6.33 Å². The molecule has 1 aromatic rings. The number of aromatic nitrogens is 2. The zero-order valence-electron chi connectivity index (χ0n) is 7.70. The first kappa shape index (κ1) is 8.47. The van der Waals surface area contributed by atoms with Crippen LogP contribution in [0.4, 0.5) is 0 Å². The summed E-state index contributed by atoms with van der Waals surface area (Å²) in [5, 5.41) is 3.27. The Labute approximate surface area is 77.5 Å². The van der Waals surface area contributed by atoms with E-state index in [2.05, 4.69) is 16.4 Å². The van der Waals surface area contributed by atoms with Gasteiger partial charge in [-0.15, -0.1) is 0 Å². The van der Waals surface area contributed by atoms with Crippen LogP contribution in [0.25, 0.3) is 5.57 Å². The number of imidazole rings is 1. The van der Waals surface area contributed by atoms with E-state index in [0.717, 1.165) is 18.8 Å². The molecule has 2 heterocycles. The van der Waals surface area contributed by atoms with Gasteiger partial charge in [-0.3, -0.25) is 0 Å². The minimum atomic E-state index is 0.124. The first-order valence-electron chi connectivity index (χ1n) is 4.41. The third-order valence-corrected chi connectivity index (χ3v) is 2.26. The molecule has 4 nitrogen and oxygen atoms in total. The molecule has 0 fully saturated rings. The molecular formula is C9H14N4. The summed E-state index contributed by atoms with van der Waals surface area (Å²) in [4.78, 5) is 4.08. The molecule has 0 saturated carbocycles. The van der Waals surface area contributed by atoms with Crippen molar-refractivity contribution >= 4 is 5.57 Å². The Balaban J connectivity index is 2.30. The number of nitrogens with two attached hydrogens (primary N) is 1. The maximum Gasteiger partial charge on any atom is 0.0948 e. The predicted molar refractivity (Wildman–Crippen MR) is 52.0 cm³/mol. The Morgan fingerprint density at radius 2 is 2.54 bits per heavy atom. The maximum absolute atomic E-state index is 5.81. The van der Waals surface area contributed by atoms with Crippen LogP contribution < -0.4 is 11.1 Å². The van der Waals surface area contributed by atoms with Crippen molar-refractivity contribution in [1.82, 2.24) is 14.9 Å². The van der Waals surface area contributed by atoms with Crippen LogP contribution in [0.15, 0.2) is 18.6 Å². The largest absolute Gasteiger partial charge is 0.334 e. The quantitative estimate of drug-likeness (QED) is 0.622. The van der Waals surface area contributed by atoms with E-state index in [4.69, 9.17) is 5.73 Å². The predicted octanol–water partition coefficient (Wildman–Crippen LogP) is -0.266. The van der Waals surface area contributed by atoms with Gasteiger partial charge in [-0.25, -0.2) is 4.98 Å². The molecule has 13 heavy (non-hydrogen) atoms. The van der Waals surface area contributed by atoms with Crippen molar-refractivity contribution in [3.05, 3.63) is 24.3 Å². The van der Waals surface area contributed by atoms with Crippen molar-refractivity contribution in [2.24, 2.45) is 12.8 Å². The summed E-state index contributed by atoms with van der Waals surface area (Å²) < 4.78 is 2.01. The molecule has 3 N–H and O–H groups in total. The zero-order chi connectivity index (χ0) is 9.26. The average Bonchev–Trinajstić information content (AvgIpc) is 2.51. The molecule has 2 rings (SSSR count). The Kier molecular flexibility index (Phi) is 2.16. The summed E-state index contributed by atoms with van der Waals surface area (Å²) in [6, 6.07) is 0.124. The minimum absolute atomic E-state index is 0.124. The summed E-state index contributed by atoms with van der Waals surface area (Å²) in [6.45, 7) is 1.74. The van der Waals surface area contributed by atoms with Gasteiger partial charge in [0.15, 0.2) is 0 Å². The van der Waals surface area contributed by atoms with Crippen LogP contribution in [-0.4, -0.2) is 28.7 Å². The van der Waals surface area contributed by atoms with Crippen molar-refractivity contribution in [3.8, 4) is 0 Å². The Hall–Kier alpha value is -1.13. The highest BCUT2D eigenvalue weighted by atomic mass is 15.0. The molecule has 70 valence electrons. The number of rotatable bonds is 1. The number of hydrogen-bond donors (Lipinski definition) is 2. The van der Waals surface area contributed by atoms with E-state index in [-0.39, 0.29) is 6.04 Å². The molecule has 0 radical (unpaired) electrons. The van der Waals surface area contributed by atoms with Crippen LogP contribution >= 0.6 is 0 Å². The highest BCUT2D eigenvalue weighted by molar-refractivity contribution is 5.65. The molecule has 1 aliphatic heterocycles. The fourth-order valence-corrected chi connectivity index (χ4v) is 1.59. The molecule has 1 aliphatic rings. The number of nitrogens with one attached hydrogen (secondary N) is 1. The topological polar surface area (TPSA) is 55.9 Å². The molecule has 0 amide bonds. The molecule has 0 aromatic carbocycles. The molecule has 4 heteroatoms. The van der Waals surface area contributed by atoms with Crippen LogP contribution in [0, 0.1) is 0 Å². The first-order valence-corrected chi connectivity index (χ1v) is 4.41. The van der Waals surface area contributed by atoms with E-state index < -0.39 is 0 Å². The number of hydrogen-bond acceptors (Lipinski definition) is 3. The van der Waals surface area contributed by atoms with Crippen molar-refractivity contribution in [2.75, 3.05) is 13.1 Å². The third kappa shape index (κ3) is 1.64. The van der Waals surface area contributed by atoms with Gasteiger partial charge in [-0.1, -0.05) is 6.08 Å². The molecule has 0 saturated heterocycles. The number of nitrogens with zero attached hydrogens (tertiary/aromatic N) is 2. The second-order valence-electron chi connectivity index (χ2n) is 3.38. The lowest BCUT2D eigenvalue weighted by Crippen LogP contribution is -2.37. The van der Waals surface area contributed by atoms with Gasteiger partial charge in [0.1, 0.15) is 0 Å². The van der Waals surface area contributed by atoms with Gasteiger partial charge in [-0.05, 0) is 5.57 Å². The lowest BCUT2D eigenvalue weighted by Gasteiger charge is -2.19. The highest BCUT2D eigenvalue weighted by Gasteiger charge is 2.12. The van der Waals surface area contributed by atoms with E-state index in [1.807, 2.05) is 17.8 Å². The van der Waals surface area contributed by atoms with Crippen LogP contribution in [0.3, 0.4) is 0 Å². The van der Waals surface area contributed by atoms with Crippen molar-refractivity contribution in [2.45, 2.75) is 6.04 Å². The lowest BCUT2D eigenvalue weighted by atomic mass is 10.1. The third-order valence-electron chi connectivity index (χ3n) is 2.26. The van der Waals surface area contributed by atoms with Crippen LogP contribution in [0.2, 0.25) is 0 Å². The van der Waals surface area contributed by atoms with Gasteiger partial charge in [0.2, 0.25) is 0 Å². The first-order chi connectivity index (χ1) is 6.27. The molecular weight excluding hydrogens is 164 g/mol. The zero-order valence-corrected chi connectivity index (χ0v) is 7.70. The van der Waals surface area contributed by atoms with E-state index in [9.17, 15) is 0 Å². The second kappa shape index (κ2) is 3.32. The van der Waals surface area contributed by atoms with E-state index in [0.29, 0.717) is 0 Å². The summed E-state index contributed by atoms with van der Waals surface area (Å²) >= 11 is 0. The molecule has 1 aromatic heterocycles. The van der Waals surface area contributed by atoms with Gasteiger partial charge < -0.3 is 15.6 Å². The summed E-state index contributed by atoms with van der Waals surface area (Å²) in [7, 11) is 1.99. The van der Waals surface area contributed by atoms with Gasteiger partial charge in [0, 0.05) is 26.2 Å². The van der Waals surface area contributed by atoms with Gasteiger partial charge in [0.05, 0.1) is 18.2 Å². The van der Waals surface area contributed by atoms with Crippen LogP contribution in [0.5, 0.6) is 0 Å². The second-order valence-corrected chi connectivity index (χ2v) is 3.38.